The average Bonchev–Trinajstić information content (AvgIpc) is 2.80. The minimum absolute atomic E-state index is 0.0353. The van der Waals surface area contributed by atoms with Gasteiger partial charge in [0.25, 0.3) is 5.56 Å². The second-order valence-corrected chi connectivity index (χ2v) is 8.12. The number of benzene rings is 2. The first-order valence-electron chi connectivity index (χ1n) is 10.7. The molecule has 0 bridgehead atoms. The van der Waals surface area contributed by atoms with E-state index in [2.05, 4.69) is 11.9 Å². The molecule has 0 N–H and O–H groups in total. The Bertz CT molecular complexity index is 1190. The lowest BCUT2D eigenvalue weighted by atomic mass is 10.1. The zero-order valence-electron chi connectivity index (χ0n) is 17.9. The van der Waals surface area contributed by atoms with Crippen LogP contribution >= 0.6 is 11.6 Å². The molecular formula is C24H25ClN2O5. The smallest absolute Gasteiger partial charge is 0.306 e. The predicted molar refractivity (Wildman–Crippen MR) is 121 cm³/mol. The fraction of sp³-hybridized carbons (Fsp3) is 0.375. The summed E-state index contributed by atoms with van der Waals surface area (Å²) in [5.41, 5.74) is 3.29. The number of hydrogen-bond acceptors (Lipinski definition) is 6. The number of rotatable bonds is 8. The molecule has 0 spiro atoms. The number of carbonyl (C=O) groups is 1. The number of fused-ring (bicyclic) bond motifs is 2. The predicted octanol–water partition coefficient (Wildman–Crippen LogP) is 4.39. The quantitative estimate of drug-likeness (QED) is 0.467. The van der Waals surface area contributed by atoms with E-state index in [1.807, 2.05) is 24.3 Å². The van der Waals surface area contributed by atoms with Crippen LogP contribution in [0.5, 0.6) is 5.75 Å². The summed E-state index contributed by atoms with van der Waals surface area (Å²) in [6.45, 7) is 3.29. The number of ether oxygens (including phenoxy) is 3. The standard InChI is InChI=1S/C24H25ClN2O5/c1-2-3-10-27-21-7-5-4-6-19(21)26-20(24(27)29)8-9-22(28)31-14-17-12-18(25)11-16-13-30-15-32-23(16)17/h4-7,11-12H,2-3,8-10,13-15H2,1H3. The van der Waals surface area contributed by atoms with E-state index in [-0.39, 0.29) is 31.8 Å². The number of para-hydroxylation sites is 2. The molecule has 1 aromatic heterocycles. The molecule has 0 fully saturated rings. The molecule has 3 aromatic rings. The van der Waals surface area contributed by atoms with Crippen LogP contribution in [0.3, 0.4) is 0 Å². The summed E-state index contributed by atoms with van der Waals surface area (Å²) in [5.74, 6) is 0.226. The van der Waals surface area contributed by atoms with Crippen molar-refractivity contribution in [1.29, 1.82) is 0 Å². The van der Waals surface area contributed by atoms with Crippen LogP contribution in [-0.4, -0.2) is 22.3 Å². The summed E-state index contributed by atoms with van der Waals surface area (Å²) in [7, 11) is 0. The summed E-state index contributed by atoms with van der Waals surface area (Å²) >= 11 is 6.16. The zero-order valence-corrected chi connectivity index (χ0v) is 18.7. The molecule has 7 nitrogen and oxygen atoms in total. The Morgan fingerprint density at radius 1 is 1.28 bits per heavy atom. The maximum absolute atomic E-state index is 13.0. The van der Waals surface area contributed by atoms with Crippen LogP contribution in [0.2, 0.25) is 5.02 Å². The molecule has 0 unspecified atom stereocenters. The van der Waals surface area contributed by atoms with Crippen molar-refractivity contribution in [2.24, 2.45) is 0 Å². The SMILES string of the molecule is CCCCn1c(=O)c(CCC(=O)OCc2cc(Cl)cc3c2OCOC3)nc2ccccc21. The highest BCUT2D eigenvalue weighted by molar-refractivity contribution is 6.30. The highest BCUT2D eigenvalue weighted by Gasteiger charge is 2.18. The van der Waals surface area contributed by atoms with E-state index in [0.29, 0.717) is 35.2 Å². The van der Waals surface area contributed by atoms with Crippen molar-refractivity contribution in [1.82, 2.24) is 9.55 Å². The number of esters is 1. The second-order valence-electron chi connectivity index (χ2n) is 7.68. The number of halogens is 1. The molecule has 0 aliphatic carbocycles. The summed E-state index contributed by atoms with van der Waals surface area (Å²) < 4.78 is 18.0. The van der Waals surface area contributed by atoms with Gasteiger partial charge in [-0.25, -0.2) is 4.98 Å². The van der Waals surface area contributed by atoms with Gasteiger partial charge < -0.3 is 18.8 Å². The maximum atomic E-state index is 13.0. The van der Waals surface area contributed by atoms with Crippen molar-refractivity contribution in [3.63, 3.8) is 0 Å². The molecular weight excluding hydrogens is 432 g/mol. The molecule has 8 heteroatoms. The van der Waals surface area contributed by atoms with E-state index in [1.165, 1.54) is 0 Å². The minimum atomic E-state index is -0.416. The molecule has 0 saturated carbocycles. The number of nitrogens with zero attached hydrogens (tertiary/aromatic N) is 2. The average molecular weight is 457 g/mol. The third kappa shape index (κ3) is 4.95. The van der Waals surface area contributed by atoms with Gasteiger partial charge in [-0.15, -0.1) is 0 Å². The van der Waals surface area contributed by atoms with Gasteiger partial charge in [0.2, 0.25) is 0 Å². The minimum Gasteiger partial charge on any atom is -0.467 e. The summed E-state index contributed by atoms with van der Waals surface area (Å²) in [6, 6.07) is 11.1. The molecule has 1 aliphatic heterocycles. The van der Waals surface area contributed by atoms with Gasteiger partial charge in [0.15, 0.2) is 6.79 Å². The lowest BCUT2D eigenvalue weighted by Crippen LogP contribution is -2.26. The molecule has 168 valence electrons. The van der Waals surface area contributed by atoms with Crippen LogP contribution in [0.25, 0.3) is 11.0 Å². The van der Waals surface area contributed by atoms with Crippen molar-refractivity contribution in [3.05, 3.63) is 68.6 Å². The van der Waals surface area contributed by atoms with Crippen molar-refractivity contribution in [2.75, 3.05) is 6.79 Å². The third-order valence-corrected chi connectivity index (χ3v) is 5.58. The first-order valence-corrected chi connectivity index (χ1v) is 11.1. The lowest BCUT2D eigenvalue weighted by molar-refractivity contribution is -0.145. The van der Waals surface area contributed by atoms with Gasteiger partial charge in [0.1, 0.15) is 18.1 Å². The van der Waals surface area contributed by atoms with Gasteiger partial charge in [-0.1, -0.05) is 37.1 Å². The van der Waals surface area contributed by atoms with Crippen LogP contribution in [0, 0.1) is 0 Å². The highest BCUT2D eigenvalue weighted by atomic mass is 35.5. The maximum Gasteiger partial charge on any atom is 0.306 e. The van der Waals surface area contributed by atoms with Crippen molar-refractivity contribution in [3.8, 4) is 5.75 Å². The van der Waals surface area contributed by atoms with Gasteiger partial charge in [0, 0.05) is 29.1 Å². The normalized spacial score (nSPS) is 12.9. The van der Waals surface area contributed by atoms with Crippen LogP contribution < -0.4 is 10.3 Å². The third-order valence-electron chi connectivity index (χ3n) is 5.36. The van der Waals surface area contributed by atoms with Crippen LogP contribution in [-0.2, 0) is 40.4 Å². The number of hydrogen-bond donors (Lipinski definition) is 0. The Morgan fingerprint density at radius 3 is 2.97 bits per heavy atom. The van der Waals surface area contributed by atoms with Crippen molar-refractivity contribution < 1.29 is 19.0 Å². The number of unbranched alkanes of at least 4 members (excludes halogenated alkanes) is 1. The number of aryl methyl sites for hydroxylation is 2. The number of aromatic nitrogens is 2. The Morgan fingerprint density at radius 2 is 2.12 bits per heavy atom. The first-order chi connectivity index (χ1) is 15.6. The Labute approximate surface area is 190 Å². The molecule has 2 heterocycles. The fourth-order valence-electron chi connectivity index (χ4n) is 3.76. The summed E-state index contributed by atoms with van der Waals surface area (Å²) in [6.07, 6.45) is 2.15. The monoisotopic (exact) mass is 456 g/mol. The van der Waals surface area contributed by atoms with E-state index in [4.69, 9.17) is 25.8 Å². The molecule has 1 aliphatic rings. The summed E-state index contributed by atoms with van der Waals surface area (Å²) in [5, 5.41) is 0.525. The number of carbonyl (C=O) groups excluding carboxylic acids is 1. The van der Waals surface area contributed by atoms with E-state index < -0.39 is 5.97 Å². The van der Waals surface area contributed by atoms with Gasteiger partial charge >= 0.3 is 5.97 Å². The molecule has 0 amide bonds. The van der Waals surface area contributed by atoms with E-state index in [0.717, 1.165) is 29.4 Å². The fourth-order valence-corrected chi connectivity index (χ4v) is 4.02. The Kier molecular flexibility index (Phi) is 7.07. The van der Waals surface area contributed by atoms with Crippen LogP contribution in [0.1, 0.15) is 43.0 Å². The van der Waals surface area contributed by atoms with E-state index >= 15 is 0 Å². The molecule has 0 atom stereocenters. The first kappa shape index (κ1) is 22.3. The van der Waals surface area contributed by atoms with E-state index in [1.54, 1.807) is 16.7 Å². The van der Waals surface area contributed by atoms with Gasteiger partial charge in [0.05, 0.1) is 24.1 Å². The lowest BCUT2D eigenvalue weighted by Gasteiger charge is -2.21. The summed E-state index contributed by atoms with van der Waals surface area (Å²) in [4.78, 5) is 29.9. The van der Waals surface area contributed by atoms with Crippen LogP contribution in [0.4, 0.5) is 0 Å². The second kappa shape index (κ2) is 10.1. The van der Waals surface area contributed by atoms with E-state index in [9.17, 15) is 9.59 Å². The van der Waals surface area contributed by atoms with Gasteiger partial charge in [-0.05, 0) is 30.7 Å². The van der Waals surface area contributed by atoms with Gasteiger partial charge in [-0.3, -0.25) is 9.59 Å². The highest BCUT2D eigenvalue weighted by Crippen LogP contribution is 2.32. The van der Waals surface area contributed by atoms with Crippen molar-refractivity contribution in [2.45, 2.75) is 52.4 Å². The molecule has 0 saturated heterocycles. The molecule has 4 rings (SSSR count). The zero-order chi connectivity index (χ0) is 22.5. The molecule has 2 aromatic carbocycles. The Hall–Kier alpha value is -2.90. The van der Waals surface area contributed by atoms with Crippen molar-refractivity contribution >= 4 is 28.6 Å². The molecule has 32 heavy (non-hydrogen) atoms. The largest absolute Gasteiger partial charge is 0.467 e. The Balaban J connectivity index is 1.45. The van der Waals surface area contributed by atoms with Crippen LogP contribution in [0.15, 0.2) is 41.2 Å². The topological polar surface area (TPSA) is 79.7 Å². The van der Waals surface area contributed by atoms with Gasteiger partial charge in [-0.2, -0.15) is 0 Å². The molecule has 0 radical (unpaired) electrons.